The summed E-state index contributed by atoms with van der Waals surface area (Å²) in [5, 5.41) is 3.09. The fourth-order valence-electron chi connectivity index (χ4n) is 2.41. The molecular weight excluding hydrogens is 236 g/mol. The van der Waals surface area contributed by atoms with Gasteiger partial charge in [0.2, 0.25) is 5.91 Å². The van der Waals surface area contributed by atoms with Crippen molar-refractivity contribution in [2.24, 2.45) is 17.6 Å². The van der Waals surface area contributed by atoms with Crippen molar-refractivity contribution in [1.29, 1.82) is 0 Å². The summed E-state index contributed by atoms with van der Waals surface area (Å²) in [4.78, 5) is 11.8. The Morgan fingerprint density at radius 2 is 1.74 bits per heavy atom. The molecular formula is C16H34N2O. The van der Waals surface area contributed by atoms with Crippen molar-refractivity contribution in [3.05, 3.63) is 0 Å². The number of nitrogens with one attached hydrogen (secondary N) is 1. The van der Waals surface area contributed by atoms with Gasteiger partial charge in [-0.2, -0.15) is 0 Å². The predicted octanol–water partition coefficient (Wildman–Crippen LogP) is 3.47. The van der Waals surface area contributed by atoms with Crippen LogP contribution in [0.3, 0.4) is 0 Å². The van der Waals surface area contributed by atoms with Crippen molar-refractivity contribution in [1.82, 2.24) is 5.32 Å². The second-order valence-electron chi connectivity index (χ2n) is 5.61. The molecule has 0 aromatic heterocycles. The Morgan fingerprint density at radius 3 is 2.26 bits per heavy atom. The Morgan fingerprint density at radius 1 is 1.05 bits per heavy atom. The van der Waals surface area contributed by atoms with E-state index >= 15 is 0 Å². The highest BCUT2D eigenvalue weighted by molar-refractivity contribution is 5.75. The summed E-state index contributed by atoms with van der Waals surface area (Å²) < 4.78 is 0. The normalized spacial score (nSPS) is 14.1. The van der Waals surface area contributed by atoms with Gasteiger partial charge in [0.05, 0.1) is 0 Å². The maximum absolute atomic E-state index is 11.8. The molecule has 0 fully saturated rings. The summed E-state index contributed by atoms with van der Waals surface area (Å²) in [5.74, 6) is 1.47. The summed E-state index contributed by atoms with van der Waals surface area (Å²) in [6, 6.07) is 0. The van der Waals surface area contributed by atoms with Crippen LogP contribution in [0.15, 0.2) is 0 Å². The van der Waals surface area contributed by atoms with Gasteiger partial charge in [-0.05, 0) is 37.6 Å². The van der Waals surface area contributed by atoms with Gasteiger partial charge in [-0.3, -0.25) is 4.79 Å². The molecule has 2 atom stereocenters. The van der Waals surface area contributed by atoms with Gasteiger partial charge in [0, 0.05) is 13.0 Å². The van der Waals surface area contributed by atoms with Gasteiger partial charge in [-0.15, -0.1) is 0 Å². The van der Waals surface area contributed by atoms with Crippen molar-refractivity contribution in [3.63, 3.8) is 0 Å². The number of amides is 1. The molecule has 0 spiro atoms. The minimum atomic E-state index is 0.213. The van der Waals surface area contributed by atoms with Gasteiger partial charge in [0.1, 0.15) is 0 Å². The van der Waals surface area contributed by atoms with Crippen LogP contribution in [0.5, 0.6) is 0 Å². The van der Waals surface area contributed by atoms with Crippen LogP contribution in [0.25, 0.3) is 0 Å². The maximum atomic E-state index is 11.8. The van der Waals surface area contributed by atoms with E-state index in [0.29, 0.717) is 18.3 Å². The highest BCUT2D eigenvalue weighted by Gasteiger charge is 2.11. The van der Waals surface area contributed by atoms with E-state index in [-0.39, 0.29) is 5.91 Å². The molecule has 2 unspecified atom stereocenters. The summed E-state index contributed by atoms with van der Waals surface area (Å²) in [5.41, 5.74) is 5.57. The molecule has 3 N–H and O–H groups in total. The lowest BCUT2D eigenvalue weighted by Gasteiger charge is -2.16. The lowest BCUT2D eigenvalue weighted by Crippen LogP contribution is -2.29. The van der Waals surface area contributed by atoms with E-state index in [9.17, 15) is 4.79 Å². The van der Waals surface area contributed by atoms with Gasteiger partial charge < -0.3 is 11.1 Å². The minimum Gasteiger partial charge on any atom is -0.356 e. The number of carbonyl (C=O) groups is 1. The van der Waals surface area contributed by atoms with E-state index in [0.717, 1.165) is 38.8 Å². The first-order valence-corrected chi connectivity index (χ1v) is 8.14. The number of unbranched alkanes of at least 4 members (excludes halogenated alkanes) is 1. The highest BCUT2D eigenvalue weighted by Crippen LogP contribution is 2.15. The Balaban J connectivity index is 3.77. The Hall–Kier alpha value is -0.570. The molecule has 0 aliphatic heterocycles. The van der Waals surface area contributed by atoms with Crippen LogP contribution >= 0.6 is 0 Å². The molecule has 1 amide bonds. The van der Waals surface area contributed by atoms with Gasteiger partial charge in [0.25, 0.3) is 0 Å². The monoisotopic (exact) mass is 270 g/mol. The number of hydrogen-bond donors (Lipinski definition) is 2. The second kappa shape index (κ2) is 12.5. The van der Waals surface area contributed by atoms with E-state index in [1.54, 1.807) is 0 Å². The first-order valence-electron chi connectivity index (χ1n) is 8.14. The number of hydrogen-bond acceptors (Lipinski definition) is 2. The molecule has 0 aromatic rings. The lowest BCUT2D eigenvalue weighted by molar-refractivity contribution is -0.121. The third-order valence-corrected chi connectivity index (χ3v) is 4.06. The van der Waals surface area contributed by atoms with E-state index in [1.807, 2.05) is 0 Å². The van der Waals surface area contributed by atoms with E-state index in [1.165, 1.54) is 19.3 Å². The quantitative estimate of drug-likeness (QED) is 0.570. The largest absolute Gasteiger partial charge is 0.356 e. The Labute approximate surface area is 119 Å². The molecule has 0 radical (unpaired) electrons. The smallest absolute Gasteiger partial charge is 0.220 e. The Kier molecular flexibility index (Phi) is 12.1. The van der Waals surface area contributed by atoms with Crippen LogP contribution in [0, 0.1) is 11.8 Å². The van der Waals surface area contributed by atoms with Gasteiger partial charge in [-0.1, -0.05) is 46.5 Å². The summed E-state index contributed by atoms with van der Waals surface area (Å²) >= 11 is 0. The van der Waals surface area contributed by atoms with Gasteiger partial charge >= 0.3 is 0 Å². The first kappa shape index (κ1) is 18.4. The molecule has 0 aliphatic carbocycles. The molecule has 0 bridgehead atoms. The van der Waals surface area contributed by atoms with Crippen molar-refractivity contribution >= 4 is 5.91 Å². The van der Waals surface area contributed by atoms with E-state index in [2.05, 4.69) is 26.1 Å². The van der Waals surface area contributed by atoms with Crippen LogP contribution < -0.4 is 11.1 Å². The van der Waals surface area contributed by atoms with Crippen molar-refractivity contribution < 1.29 is 4.79 Å². The molecule has 114 valence electrons. The van der Waals surface area contributed by atoms with Crippen molar-refractivity contribution in [2.75, 3.05) is 13.1 Å². The van der Waals surface area contributed by atoms with Gasteiger partial charge in [0.15, 0.2) is 0 Å². The zero-order valence-electron chi connectivity index (χ0n) is 13.2. The topological polar surface area (TPSA) is 55.1 Å². The third kappa shape index (κ3) is 9.94. The average Bonchev–Trinajstić information content (AvgIpc) is 2.43. The molecule has 19 heavy (non-hydrogen) atoms. The molecule has 0 heterocycles. The summed E-state index contributed by atoms with van der Waals surface area (Å²) in [7, 11) is 0. The fourth-order valence-corrected chi connectivity index (χ4v) is 2.41. The predicted molar refractivity (Wildman–Crippen MR) is 83.0 cm³/mol. The summed E-state index contributed by atoms with van der Waals surface area (Å²) in [6.07, 6.45) is 8.69. The standard InChI is InChI=1S/C16H34N2O/c1-4-7-8-15(6-3)13-18-16(19)10-9-14(5-2)11-12-17/h14-15H,4-13,17H2,1-3H3,(H,18,19). The van der Waals surface area contributed by atoms with Crippen LogP contribution in [-0.2, 0) is 4.79 Å². The third-order valence-electron chi connectivity index (χ3n) is 4.06. The molecule has 0 aliphatic rings. The first-order chi connectivity index (χ1) is 9.17. The van der Waals surface area contributed by atoms with Crippen LogP contribution in [0.4, 0.5) is 0 Å². The molecule has 0 saturated heterocycles. The van der Waals surface area contributed by atoms with Crippen molar-refractivity contribution in [3.8, 4) is 0 Å². The Bertz CT molecular complexity index is 219. The number of nitrogens with two attached hydrogens (primary N) is 1. The van der Waals surface area contributed by atoms with Crippen LogP contribution in [0.1, 0.15) is 72.1 Å². The minimum absolute atomic E-state index is 0.213. The molecule has 0 aromatic carbocycles. The van der Waals surface area contributed by atoms with Crippen molar-refractivity contribution in [2.45, 2.75) is 72.1 Å². The average molecular weight is 270 g/mol. The van der Waals surface area contributed by atoms with Crippen LogP contribution in [-0.4, -0.2) is 19.0 Å². The fraction of sp³-hybridized carbons (Fsp3) is 0.938. The maximum Gasteiger partial charge on any atom is 0.220 e. The number of rotatable bonds is 12. The molecule has 0 saturated carbocycles. The van der Waals surface area contributed by atoms with E-state index in [4.69, 9.17) is 5.73 Å². The molecule has 0 rings (SSSR count). The zero-order chi connectivity index (χ0) is 14.5. The second-order valence-corrected chi connectivity index (χ2v) is 5.61. The highest BCUT2D eigenvalue weighted by atomic mass is 16.1. The summed E-state index contributed by atoms with van der Waals surface area (Å²) in [6.45, 7) is 8.18. The molecule has 3 heteroatoms. The van der Waals surface area contributed by atoms with Crippen LogP contribution in [0.2, 0.25) is 0 Å². The molecule has 3 nitrogen and oxygen atoms in total. The SMILES string of the molecule is CCCCC(CC)CNC(=O)CCC(CC)CCN. The van der Waals surface area contributed by atoms with E-state index < -0.39 is 0 Å². The van der Waals surface area contributed by atoms with Gasteiger partial charge in [-0.25, -0.2) is 0 Å². The lowest BCUT2D eigenvalue weighted by atomic mass is 9.96. The zero-order valence-corrected chi connectivity index (χ0v) is 13.2. The number of carbonyl (C=O) groups excluding carboxylic acids is 1.